The summed E-state index contributed by atoms with van der Waals surface area (Å²) in [4.78, 5) is 2.18. The number of furan rings is 1. The molecule has 28 heavy (non-hydrogen) atoms. The Hall–Kier alpha value is -2.56. The van der Waals surface area contributed by atoms with Gasteiger partial charge in [0, 0.05) is 13.1 Å². The van der Waals surface area contributed by atoms with E-state index in [2.05, 4.69) is 36.1 Å². The number of aryl methyl sites for hydroxylation is 2. The fourth-order valence-corrected chi connectivity index (χ4v) is 3.12. The number of hydrogen-bond donors (Lipinski definition) is 1. The summed E-state index contributed by atoms with van der Waals surface area (Å²) in [5, 5.41) is 10.5. The largest absolute Gasteiger partial charge is 0.491 e. The van der Waals surface area contributed by atoms with Gasteiger partial charge in [0.25, 0.3) is 0 Å². The van der Waals surface area contributed by atoms with E-state index in [1.165, 1.54) is 16.7 Å². The third-order valence-electron chi connectivity index (χ3n) is 4.73. The predicted molar refractivity (Wildman–Crippen MR) is 111 cm³/mol. The fourth-order valence-electron chi connectivity index (χ4n) is 3.12. The van der Waals surface area contributed by atoms with Crippen molar-refractivity contribution in [1.82, 2.24) is 4.90 Å². The van der Waals surface area contributed by atoms with Crippen molar-refractivity contribution in [2.45, 2.75) is 39.5 Å². The van der Waals surface area contributed by atoms with Crippen molar-refractivity contribution in [3.8, 4) is 5.75 Å². The van der Waals surface area contributed by atoms with Crippen molar-refractivity contribution in [2.75, 3.05) is 13.2 Å². The molecular formula is C24H29NO3. The Bertz CT molecular complexity index is 810. The molecule has 0 fully saturated rings. The Morgan fingerprint density at radius 2 is 1.68 bits per heavy atom. The van der Waals surface area contributed by atoms with Gasteiger partial charge in [-0.2, -0.15) is 0 Å². The number of aliphatic hydroxyl groups is 1. The molecule has 2 aromatic carbocycles. The van der Waals surface area contributed by atoms with E-state index in [1.807, 2.05) is 43.3 Å². The van der Waals surface area contributed by atoms with E-state index in [4.69, 9.17) is 9.15 Å². The van der Waals surface area contributed by atoms with Crippen LogP contribution >= 0.6 is 0 Å². The highest BCUT2D eigenvalue weighted by atomic mass is 16.5. The fraction of sp³-hybridized carbons (Fsp3) is 0.333. The molecule has 0 aliphatic heterocycles. The summed E-state index contributed by atoms with van der Waals surface area (Å²) in [7, 11) is 0. The molecule has 1 aromatic heterocycles. The Morgan fingerprint density at radius 1 is 0.964 bits per heavy atom. The van der Waals surface area contributed by atoms with Gasteiger partial charge in [0.15, 0.2) is 0 Å². The second kappa shape index (κ2) is 10.1. The number of aliphatic hydroxyl groups excluding tert-OH is 1. The highest BCUT2D eigenvalue weighted by molar-refractivity contribution is 5.26. The second-order valence-electron chi connectivity index (χ2n) is 7.20. The van der Waals surface area contributed by atoms with E-state index in [1.54, 1.807) is 6.26 Å². The lowest BCUT2D eigenvalue weighted by atomic mass is 10.1. The topological polar surface area (TPSA) is 45.8 Å². The number of nitrogens with zero attached hydrogens (tertiary/aromatic N) is 1. The van der Waals surface area contributed by atoms with Gasteiger partial charge < -0.3 is 14.3 Å². The van der Waals surface area contributed by atoms with Crippen LogP contribution in [0.5, 0.6) is 5.75 Å². The predicted octanol–water partition coefficient (Wildman–Crippen LogP) is 4.59. The summed E-state index contributed by atoms with van der Waals surface area (Å²) in [6.07, 6.45) is 2.12. The van der Waals surface area contributed by atoms with Gasteiger partial charge >= 0.3 is 0 Å². The van der Waals surface area contributed by atoms with Gasteiger partial charge in [-0.25, -0.2) is 0 Å². The third-order valence-corrected chi connectivity index (χ3v) is 4.73. The van der Waals surface area contributed by atoms with Gasteiger partial charge in [-0.15, -0.1) is 0 Å². The standard InChI is InChI=1S/C24H29NO3/c1-3-20-8-10-21(11-9-20)15-25(17-24-5-4-14-27-24)16-22(26)18-28-23-12-6-19(2)7-13-23/h4-14,22,26H,3,15-18H2,1-2H3. The first-order valence-electron chi connectivity index (χ1n) is 9.82. The maximum Gasteiger partial charge on any atom is 0.119 e. The van der Waals surface area contributed by atoms with Crippen LogP contribution in [0, 0.1) is 6.92 Å². The van der Waals surface area contributed by atoms with Crippen LogP contribution in [0.4, 0.5) is 0 Å². The molecule has 148 valence electrons. The number of benzene rings is 2. The van der Waals surface area contributed by atoms with Crippen LogP contribution in [0.3, 0.4) is 0 Å². The Kier molecular flexibility index (Phi) is 7.29. The van der Waals surface area contributed by atoms with Gasteiger partial charge in [-0.1, -0.05) is 48.9 Å². The molecule has 0 spiro atoms. The molecular weight excluding hydrogens is 350 g/mol. The lowest BCUT2D eigenvalue weighted by molar-refractivity contribution is 0.0604. The summed E-state index contributed by atoms with van der Waals surface area (Å²) >= 11 is 0. The van der Waals surface area contributed by atoms with Crippen molar-refractivity contribution in [3.63, 3.8) is 0 Å². The first-order valence-corrected chi connectivity index (χ1v) is 9.82. The minimum absolute atomic E-state index is 0.256. The lowest BCUT2D eigenvalue weighted by Gasteiger charge is -2.24. The van der Waals surface area contributed by atoms with Crippen LogP contribution in [0.15, 0.2) is 71.3 Å². The second-order valence-corrected chi connectivity index (χ2v) is 7.20. The van der Waals surface area contributed by atoms with Gasteiger partial charge in [-0.3, -0.25) is 4.90 Å². The zero-order valence-corrected chi connectivity index (χ0v) is 16.7. The molecule has 0 bridgehead atoms. The van der Waals surface area contributed by atoms with Gasteiger partial charge in [0.05, 0.1) is 12.8 Å². The molecule has 0 aliphatic rings. The Labute approximate surface area is 167 Å². The molecule has 1 unspecified atom stereocenters. The molecule has 4 nitrogen and oxygen atoms in total. The average molecular weight is 380 g/mol. The first-order chi connectivity index (χ1) is 13.6. The van der Waals surface area contributed by atoms with Crippen LogP contribution in [-0.4, -0.2) is 29.3 Å². The Morgan fingerprint density at radius 3 is 2.32 bits per heavy atom. The highest BCUT2D eigenvalue weighted by Gasteiger charge is 2.15. The maximum atomic E-state index is 10.5. The van der Waals surface area contributed by atoms with Crippen molar-refractivity contribution in [2.24, 2.45) is 0 Å². The minimum atomic E-state index is -0.591. The first kappa shape index (κ1) is 20.2. The van der Waals surface area contributed by atoms with E-state index in [-0.39, 0.29) is 6.61 Å². The molecule has 0 amide bonds. The summed E-state index contributed by atoms with van der Waals surface area (Å²) in [6.45, 7) is 6.34. The lowest BCUT2D eigenvalue weighted by Crippen LogP contribution is -2.35. The van der Waals surface area contributed by atoms with Crippen molar-refractivity contribution < 1.29 is 14.3 Å². The summed E-state index contributed by atoms with van der Waals surface area (Å²) in [6, 6.07) is 20.4. The monoisotopic (exact) mass is 379 g/mol. The van der Waals surface area contributed by atoms with Crippen LogP contribution in [0.2, 0.25) is 0 Å². The van der Waals surface area contributed by atoms with Crippen molar-refractivity contribution in [1.29, 1.82) is 0 Å². The maximum absolute atomic E-state index is 10.5. The van der Waals surface area contributed by atoms with Gasteiger partial charge in [0.1, 0.15) is 24.2 Å². The molecule has 1 N–H and O–H groups in total. The van der Waals surface area contributed by atoms with Gasteiger partial charge in [-0.05, 0) is 48.7 Å². The van der Waals surface area contributed by atoms with Crippen molar-refractivity contribution >= 4 is 0 Å². The third kappa shape index (κ3) is 6.25. The van der Waals surface area contributed by atoms with Gasteiger partial charge in [0.2, 0.25) is 0 Å². The number of ether oxygens (including phenoxy) is 1. The molecule has 1 heterocycles. The molecule has 0 saturated heterocycles. The molecule has 4 heteroatoms. The van der Waals surface area contributed by atoms with E-state index in [0.29, 0.717) is 13.1 Å². The van der Waals surface area contributed by atoms with Crippen LogP contribution in [-0.2, 0) is 19.5 Å². The summed E-state index contributed by atoms with van der Waals surface area (Å²) in [5.41, 5.74) is 3.73. The summed E-state index contributed by atoms with van der Waals surface area (Å²) < 4.78 is 11.2. The molecule has 0 aliphatic carbocycles. The molecule has 0 radical (unpaired) electrons. The molecule has 3 aromatic rings. The molecule has 0 saturated carbocycles. The highest BCUT2D eigenvalue weighted by Crippen LogP contribution is 2.14. The zero-order chi connectivity index (χ0) is 19.8. The van der Waals surface area contributed by atoms with E-state index >= 15 is 0 Å². The average Bonchev–Trinajstić information content (AvgIpc) is 3.21. The van der Waals surface area contributed by atoms with Crippen molar-refractivity contribution in [3.05, 3.63) is 89.4 Å². The SMILES string of the molecule is CCc1ccc(CN(Cc2ccco2)CC(O)COc2ccc(C)cc2)cc1. The number of hydrogen-bond acceptors (Lipinski definition) is 4. The van der Waals surface area contributed by atoms with E-state index in [9.17, 15) is 5.11 Å². The normalized spacial score (nSPS) is 12.3. The zero-order valence-electron chi connectivity index (χ0n) is 16.7. The van der Waals surface area contributed by atoms with E-state index < -0.39 is 6.10 Å². The summed E-state index contributed by atoms with van der Waals surface area (Å²) in [5.74, 6) is 1.66. The Balaban J connectivity index is 1.59. The van der Waals surface area contributed by atoms with E-state index in [0.717, 1.165) is 24.5 Å². The number of rotatable bonds is 10. The minimum Gasteiger partial charge on any atom is -0.491 e. The van der Waals surface area contributed by atoms with Crippen LogP contribution in [0.25, 0.3) is 0 Å². The quantitative estimate of drug-likeness (QED) is 0.559. The molecule has 3 rings (SSSR count). The smallest absolute Gasteiger partial charge is 0.119 e. The van der Waals surface area contributed by atoms with Crippen LogP contribution < -0.4 is 4.74 Å². The molecule has 1 atom stereocenters. The van der Waals surface area contributed by atoms with Crippen LogP contribution in [0.1, 0.15) is 29.4 Å².